The van der Waals surface area contributed by atoms with E-state index < -0.39 is 10.5 Å². The Morgan fingerprint density at radius 2 is 2.17 bits per heavy atom. The molecule has 1 amide bonds. The SMILES string of the molecule is CC(C)(C)OC(=O)N1CCCC[C@@H]1CCCOc1nc2cc([N+](=O)[O-])ccc2o1. The van der Waals surface area contributed by atoms with Crippen LogP contribution >= 0.6 is 0 Å². The summed E-state index contributed by atoms with van der Waals surface area (Å²) in [4.78, 5) is 28.8. The molecule has 0 saturated carbocycles. The molecule has 9 heteroatoms. The fourth-order valence-electron chi connectivity index (χ4n) is 3.41. The molecule has 1 atom stereocenters. The summed E-state index contributed by atoms with van der Waals surface area (Å²) in [5.74, 6) is 0. The second-order valence-electron chi connectivity index (χ2n) is 8.20. The third-order valence-electron chi connectivity index (χ3n) is 4.72. The Labute approximate surface area is 169 Å². The normalized spacial score (nSPS) is 17.3. The van der Waals surface area contributed by atoms with Crippen molar-refractivity contribution in [1.29, 1.82) is 0 Å². The lowest BCUT2D eigenvalue weighted by molar-refractivity contribution is -0.384. The first-order chi connectivity index (χ1) is 13.7. The maximum absolute atomic E-state index is 12.5. The van der Waals surface area contributed by atoms with Gasteiger partial charge < -0.3 is 18.8 Å². The molecular formula is C20H27N3O6. The molecule has 1 fully saturated rings. The van der Waals surface area contributed by atoms with E-state index in [0.29, 0.717) is 24.3 Å². The fraction of sp³-hybridized carbons (Fsp3) is 0.600. The molecule has 1 saturated heterocycles. The van der Waals surface area contributed by atoms with Crippen molar-refractivity contribution in [2.45, 2.75) is 64.5 Å². The number of carbonyl (C=O) groups excluding carboxylic acids is 1. The molecule has 0 unspecified atom stereocenters. The van der Waals surface area contributed by atoms with Crippen molar-refractivity contribution in [2.24, 2.45) is 0 Å². The molecule has 1 aliphatic rings. The third kappa shape index (κ3) is 5.58. The van der Waals surface area contributed by atoms with Crippen LogP contribution in [0.15, 0.2) is 22.6 Å². The zero-order chi connectivity index (χ0) is 21.0. The molecular weight excluding hydrogens is 378 g/mol. The Hall–Kier alpha value is -2.84. The number of non-ortho nitro benzene ring substituents is 1. The van der Waals surface area contributed by atoms with E-state index >= 15 is 0 Å². The van der Waals surface area contributed by atoms with Gasteiger partial charge in [0.2, 0.25) is 0 Å². The van der Waals surface area contributed by atoms with E-state index in [9.17, 15) is 14.9 Å². The smallest absolute Gasteiger partial charge is 0.410 e. The van der Waals surface area contributed by atoms with Gasteiger partial charge in [-0.1, -0.05) is 0 Å². The highest BCUT2D eigenvalue weighted by atomic mass is 16.6. The van der Waals surface area contributed by atoms with Crippen molar-refractivity contribution >= 4 is 22.9 Å². The predicted octanol–water partition coefficient (Wildman–Crippen LogP) is 4.68. The van der Waals surface area contributed by atoms with Crippen LogP contribution in [0.3, 0.4) is 0 Å². The molecule has 0 N–H and O–H groups in total. The van der Waals surface area contributed by atoms with Crippen molar-refractivity contribution in [1.82, 2.24) is 9.88 Å². The quantitative estimate of drug-likeness (QED) is 0.390. The van der Waals surface area contributed by atoms with Crippen molar-refractivity contribution < 1.29 is 23.6 Å². The minimum absolute atomic E-state index is 0.0446. The van der Waals surface area contributed by atoms with Gasteiger partial charge in [0, 0.05) is 24.7 Å². The molecule has 1 aliphatic heterocycles. The number of piperidine rings is 1. The molecule has 1 aromatic carbocycles. The number of benzene rings is 1. The summed E-state index contributed by atoms with van der Waals surface area (Å²) in [6.07, 6.45) is 4.38. The van der Waals surface area contributed by atoms with Crippen LogP contribution in [0.25, 0.3) is 11.1 Å². The lowest BCUT2D eigenvalue weighted by atomic mass is 9.98. The van der Waals surface area contributed by atoms with Crippen LogP contribution in [0.2, 0.25) is 0 Å². The molecule has 9 nitrogen and oxygen atoms in total. The van der Waals surface area contributed by atoms with E-state index in [1.165, 1.54) is 18.2 Å². The van der Waals surface area contributed by atoms with Crippen LogP contribution in [-0.2, 0) is 4.74 Å². The van der Waals surface area contributed by atoms with Gasteiger partial charge in [-0.05, 0) is 58.9 Å². The first-order valence-electron chi connectivity index (χ1n) is 9.90. The van der Waals surface area contributed by atoms with Gasteiger partial charge in [-0.3, -0.25) is 10.1 Å². The summed E-state index contributed by atoms with van der Waals surface area (Å²) >= 11 is 0. The molecule has 3 rings (SSSR count). The number of rotatable bonds is 6. The molecule has 0 bridgehead atoms. The Morgan fingerprint density at radius 3 is 2.90 bits per heavy atom. The number of oxazole rings is 1. The lowest BCUT2D eigenvalue weighted by Gasteiger charge is -2.36. The molecule has 2 heterocycles. The fourth-order valence-corrected chi connectivity index (χ4v) is 3.41. The number of hydrogen-bond acceptors (Lipinski definition) is 7. The number of nitro benzene ring substituents is 1. The van der Waals surface area contributed by atoms with Crippen LogP contribution in [0.4, 0.5) is 10.5 Å². The van der Waals surface area contributed by atoms with Crippen molar-refractivity contribution in [2.75, 3.05) is 13.2 Å². The number of likely N-dealkylation sites (tertiary alicyclic amines) is 1. The molecule has 0 spiro atoms. The summed E-state index contributed by atoms with van der Waals surface area (Å²) in [5, 5.41) is 10.8. The van der Waals surface area contributed by atoms with Gasteiger partial charge in [-0.25, -0.2) is 4.79 Å². The molecule has 0 radical (unpaired) electrons. The number of aromatic nitrogens is 1. The monoisotopic (exact) mass is 405 g/mol. The Kier molecular flexibility index (Phi) is 6.24. The molecule has 158 valence electrons. The topological polar surface area (TPSA) is 108 Å². The van der Waals surface area contributed by atoms with E-state index in [0.717, 1.165) is 32.1 Å². The average Bonchev–Trinajstić information content (AvgIpc) is 3.06. The van der Waals surface area contributed by atoms with Gasteiger partial charge in [0.1, 0.15) is 11.1 Å². The number of hydrogen-bond donors (Lipinski definition) is 0. The van der Waals surface area contributed by atoms with Crippen LogP contribution < -0.4 is 4.74 Å². The van der Waals surface area contributed by atoms with Crippen molar-refractivity contribution in [3.63, 3.8) is 0 Å². The van der Waals surface area contributed by atoms with Crippen molar-refractivity contribution in [3.05, 3.63) is 28.3 Å². The number of fused-ring (bicyclic) bond motifs is 1. The third-order valence-corrected chi connectivity index (χ3v) is 4.72. The van der Waals surface area contributed by atoms with Gasteiger partial charge in [0.05, 0.1) is 11.5 Å². The molecule has 2 aromatic rings. The summed E-state index contributed by atoms with van der Waals surface area (Å²) in [6.45, 7) is 6.70. The van der Waals surface area contributed by atoms with Crippen LogP contribution in [0, 0.1) is 10.1 Å². The van der Waals surface area contributed by atoms with Crippen LogP contribution in [0.1, 0.15) is 52.9 Å². The van der Waals surface area contributed by atoms with Crippen LogP contribution in [0.5, 0.6) is 6.08 Å². The van der Waals surface area contributed by atoms with E-state index in [-0.39, 0.29) is 23.9 Å². The van der Waals surface area contributed by atoms with Crippen LogP contribution in [-0.4, -0.2) is 45.7 Å². The molecule has 29 heavy (non-hydrogen) atoms. The van der Waals surface area contributed by atoms with Gasteiger partial charge in [-0.15, -0.1) is 0 Å². The van der Waals surface area contributed by atoms with E-state index in [2.05, 4.69) is 4.98 Å². The van der Waals surface area contributed by atoms with Crippen molar-refractivity contribution in [3.8, 4) is 6.08 Å². The minimum atomic E-state index is -0.510. The Balaban J connectivity index is 1.51. The summed E-state index contributed by atoms with van der Waals surface area (Å²) in [5.41, 5.74) is 0.271. The van der Waals surface area contributed by atoms with E-state index in [1.807, 2.05) is 25.7 Å². The number of ether oxygens (including phenoxy) is 2. The Morgan fingerprint density at radius 1 is 1.38 bits per heavy atom. The van der Waals surface area contributed by atoms with Gasteiger partial charge in [-0.2, -0.15) is 4.98 Å². The second-order valence-corrected chi connectivity index (χ2v) is 8.20. The first-order valence-corrected chi connectivity index (χ1v) is 9.90. The van der Waals surface area contributed by atoms with Gasteiger partial charge in [0.25, 0.3) is 5.69 Å². The number of carbonyl (C=O) groups is 1. The van der Waals surface area contributed by atoms with E-state index in [1.54, 1.807) is 0 Å². The predicted molar refractivity (Wildman–Crippen MR) is 106 cm³/mol. The first kappa shape index (κ1) is 20.9. The largest absolute Gasteiger partial charge is 0.450 e. The standard InChI is InChI=1S/C20H27N3O6/c1-20(2,3)29-19(24)22-11-5-4-7-14(22)8-6-12-27-18-21-16-13-15(23(25)26)9-10-17(16)28-18/h9-10,13-14H,4-8,11-12H2,1-3H3/t14-/m1/s1. The van der Waals surface area contributed by atoms with E-state index in [4.69, 9.17) is 13.9 Å². The Bertz CT molecular complexity index is 873. The molecule has 0 aliphatic carbocycles. The summed E-state index contributed by atoms with van der Waals surface area (Å²) in [6, 6.07) is 4.36. The highest BCUT2D eigenvalue weighted by molar-refractivity contribution is 5.75. The highest BCUT2D eigenvalue weighted by Crippen LogP contribution is 2.26. The second kappa shape index (κ2) is 8.67. The van der Waals surface area contributed by atoms with Gasteiger partial charge in [0.15, 0.2) is 5.58 Å². The summed E-state index contributed by atoms with van der Waals surface area (Å²) in [7, 11) is 0. The maximum Gasteiger partial charge on any atom is 0.410 e. The number of nitro groups is 1. The minimum Gasteiger partial charge on any atom is -0.450 e. The number of amides is 1. The number of nitrogens with zero attached hydrogens (tertiary/aromatic N) is 3. The highest BCUT2D eigenvalue weighted by Gasteiger charge is 2.30. The maximum atomic E-state index is 12.5. The zero-order valence-electron chi connectivity index (χ0n) is 17.1. The summed E-state index contributed by atoms with van der Waals surface area (Å²) < 4.78 is 16.6. The van der Waals surface area contributed by atoms with Gasteiger partial charge >= 0.3 is 12.2 Å². The zero-order valence-corrected chi connectivity index (χ0v) is 17.1. The lowest BCUT2D eigenvalue weighted by Crippen LogP contribution is -2.46. The molecule has 1 aromatic heterocycles. The average molecular weight is 405 g/mol.